The number of carbonyl (C=O) groups excluding carboxylic acids is 1. The fourth-order valence-electron chi connectivity index (χ4n) is 1.39. The van der Waals surface area contributed by atoms with Gasteiger partial charge in [-0.15, -0.1) is 5.10 Å². The predicted molar refractivity (Wildman–Crippen MR) is 70.0 cm³/mol. The summed E-state index contributed by atoms with van der Waals surface area (Å²) in [5.74, 6) is -0.216. The van der Waals surface area contributed by atoms with Crippen LogP contribution in [-0.4, -0.2) is 27.4 Å². The summed E-state index contributed by atoms with van der Waals surface area (Å²) in [6.07, 6.45) is 1.76. The van der Waals surface area contributed by atoms with Gasteiger partial charge < -0.3 is 11.1 Å². The van der Waals surface area contributed by atoms with E-state index >= 15 is 0 Å². The highest BCUT2D eigenvalue weighted by Gasteiger charge is 2.04. The molecule has 2 aromatic rings. The number of nitrogens with zero attached hydrogens (tertiary/aromatic N) is 3. The molecule has 1 amide bonds. The van der Waals surface area contributed by atoms with E-state index in [0.717, 1.165) is 10.2 Å². The van der Waals surface area contributed by atoms with Crippen molar-refractivity contribution < 1.29 is 4.79 Å². The average molecular weight is 310 g/mol. The second-order valence-electron chi connectivity index (χ2n) is 3.62. The Morgan fingerprint density at radius 3 is 3.06 bits per heavy atom. The molecule has 0 saturated carbocycles. The molecule has 1 heterocycles. The number of hydrogen-bond donors (Lipinski definition) is 2. The summed E-state index contributed by atoms with van der Waals surface area (Å²) in [5.41, 5.74) is 6.76. The predicted octanol–water partition coefficient (Wildman–Crippen LogP) is 0.605. The van der Waals surface area contributed by atoms with Gasteiger partial charge in [-0.1, -0.05) is 27.2 Å². The van der Waals surface area contributed by atoms with Crippen LogP contribution in [0.1, 0.15) is 5.69 Å². The number of nitrogens with one attached hydrogen (secondary N) is 1. The molecule has 2 rings (SSSR count). The van der Waals surface area contributed by atoms with Crippen molar-refractivity contribution in [1.29, 1.82) is 0 Å². The third-order valence-electron chi connectivity index (χ3n) is 2.27. The Morgan fingerprint density at radius 1 is 1.50 bits per heavy atom. The van der Waals surface area contributed by atoms with Crippen molar-refractivity contribution in [3.05, 3.63) is 40.6 Å². The lowest BCUT2D eigenvalue weighted by Gasteiger charge is -2.00. The van der Waals surface area contributed by atoms with Crippen molar-refractivity contribution in [2.75, 3.05) is 6.54 Å². The molecule has 0 aliphatic carbocycles. The fourth-order valence-corrected chi connectivity index (χ4v) is 1.77. The van der Waals surface area contributed by atoms with Gasteiger partial charge in [-0.05, 0) is 18.2 Å². The summed E-state index contributed by atoms with van der Waals surface area (Å²) in [6, 6.07) is 7.69. The van der Waals surface area contributed by atoms with E-state index in [1.54, 1.807) is 10.9 Å². The Kier molecular flexibility index (Phi) is 4.06. The van der Waals surface area contributed by atoms with Crippen molar-refractivity contribution in [2.24, 2.45) is 5.73 Å². The number of amides is 1. The Hall–Kier alpha value is -1.73. The maximum absolute atomic E-state index is 11.0. The van der Waals surface area contributed by atoms with Crippen LogP contribution in [0.3, 0.4) is 0 Å². The van der Waals surface area contributed by atoms with E-state index in [0.29, 0.717) is 12.2 Å². The maximum Gasteiger partial charge on any atom is 0.234 e. The van der Waals surface area contributed by atoms with E-state index in [4.69, 9.17) is 5.73 Å². The van der Waals surface area contributed by atoms with Crippen LogP contribution >= 0.6 is 15.9 Å². The van der Waals surface area contributed by atoms with Crippen LogP contribution in [0.25, 0.3) is 5.69 Å². The standard InChI is InChI=1S/C11H12BrN5O/c12-8-2-1-3-10(4-8)17-7-9(15-16-17)6-14-11(18)5-13/h1-4,7H,5-6,13H2,(H,14,18). The summed E-state index contributed by atoms with van der Waals surface area (Å²) in [6.45, 7) is 0.295. The van der Waals surface area contributed by atoms with E-state index in [2.05, 4.69) is 31.6 Å². The van der Waals surface area contributed by atoms with Gasteiger partial charge in [-0.3, -0.25) is 4.79 Å². The van der Waals surface area contributed by atoms with Gasteiger partial charge in [0.1, 0.15) is 5.69 Å². The molecule has 0 radical (unpaired) electrons. The first-order chi connectivity index (χ1) is 8.69. The Morgan fingerprint density at radius 2 is 2.33 bits per heavy atom. The number of rotatable bonds is 4. The Bertz CT molecular complexity index is 554. The summed E-state index contributed by atoms with van der Waals surface area (Å²) in [4.78, 5) is 11.0. The minimum Gasteiger partial charge on any atom is -0.349 e. The minimum absolute atomic E-state index is 0.0280. The second-order valence-corrected chi connectivity index (χ2v) is 4.53. The summed E-state index contributed by atoms with van der Waals surface area (Å²) < 4.78 is 2.61. The number of carbonyl (C=O) groups is 1. The van der Waals surface area contributed by atoms with Crippen LogP contribution in [-0.2, 0) is 11.3 Å². The van der Waals surface area contributed by atoms with Gasteiger partial charge in [-0.2, -0.15) is 0 Å². The highest BCUT2D eigenvalue weighted by atomic mass is 79.9. The van der Waals surface area contributed by atoms with E-state index in [9.17, 15) is 4.79 Å². The van der Waals surface area contributed by atoms with Crippen LogP contribution < -0.4 is 11.1 Å². The lowest BCUT2D eigenvalue weighted by atomic mass is 10.3. The quantitative estimate of drug-likeness (QED) is 0.866. The lowest BCUT2D eigenvalue weighted by molar-refractivity contribution is -0.119. The van der Waals surface area contributed by atoms with Gasteiger partial charge in [-0.25, -0.2) is 4.68 Å². The van der Waals surface area contributed by atoms with Crippen LogP contribution in [0.4, 0.5) is 0 Å². The van der Waals surface area contributed by atoms with Crippen LogP contribution in [0, 0.1) is 0 Å². The van der Waals surface area contributed by atoms with Crippen LogP contribution in [0.5, 0.6) is 0 Å². The zero-order chi connectivity index (χ0) is 13.0. The molecule has 0 atom stereocenters. The third kappa shape index (κ3) is 3.14. The molecule has 0 fully saturated rings. The first kappa shape index (κ1) is 12.7. The van der Waals surface area contributed by atoms with Gasteiger partial charge in [0.2, 0.25) is 5.91 Å². The number of nitrogens with two attached hydrogens (primary N) is 1. The van der Waals surface area contributed by atoms with Crippen molar-refractivity contribution in [2.45, 2.75) is 6.54 Å². The summed E-state index contributed by atoms with van der Waals surface area (Å²) in [7, 11) is 0. The van der Waals surface area contributed by atoms with Crippen molar-refractivity contribution in [1.82, 2.24) is 20.3 Å². The average Bonchev–Trinajstić information content (AvgIpc) is 2.84. The van der Waals surface area contributed by atoms with Crippen LogP contribution in [0.2, 0.25) is 0 Å². The highest BCUT2D eigenvalue weighted by molar-refractivity contribution is 9.10. The van der Waals surface area contributed by atoms with Gasteiger partial charge in [0, 0.05) is 4.47 Å². The molecule has 0 aliphatic rings. The first-order valence-electron chi connectivity index (χ1n) is 5.33. The van der Waals surface area contributed by atoms with Crippen molar-refractivity contribution in [3.63, 3.8) is 0 Å². The fraction of sp³-hybridized carbons (Fsp3) is 0.182. The zero-order valence-electron chi connectivity index (χ0n) is 9.51. The SMILES string of the molecule is NCC(=O)NCc1cn(-c2cccc(Br)c2)nn1. The molecule has 7 heteroatoms. The molecular formula is C11H12BrN5O. The number of aromatic nitrogens is 3. The molecule has 1 aromatic heterocycles. The molecule has 18 heavy (non-hydrogen) atoms. The largest absolute Gasteiger partial charge is 0.349 e. The van der Waals surface area contributed by atoms with E-state index in [-0.39, 0.29) is 12.5 Å². The minimum atomic E-state index is -0.216. The molecule has 0 spiro atoms. The Balaban J connectivity index is 2.08. The summed E-state index contributed by atoms with van der Waals surface area (Å²) >= 11 is 3.39. The van der Waals surface area contributed by atoms with Gasteiger partial charge in [0.25, 0.3) is 0 Å². The molecular weight excluding hydrogens is 298 g/mol. The second kappa shape index (κ2) is 5.74. The molecule has 0 saturated heterocycles. The molecule has 0 unspecified atom stereocenters. The highest BCUT2D eigenvalue weighted by Crippen LogP contribution is 2.14. The molecule has 3 N–H and O–H groups in total. The van der Waals surface area contributed by atoms with Crippen LogP contribution in [0.15, 0.2) is 34.9 Å². The van der Waals surface area contributed by atoms with Gasteiger partial charge in [0.15, 0.2) is 0 Å². The van der Waals surface area contributed by atoms with Gasteiger partial charge >= 0.3 is 0 Å². The van der Waals surface area contributed by atoms with E-state index in [1.165, 1.54) is 0 Å². The Labute approximate surface area is 112 Å². The normalized spacial score (nSPS) is 10.3. The third-order valence-corrected chi connectivity index (χ3v) is 2.76. The molecule has 1 aromatic carbocycles. The number of halogens is 1. The van der Waals surface area contributed by atoms with E-state index in [1.807, 2.05) is 24.3 Å². The molecule has 6 nitrogen and oxygen atoms in total. The smallest absolute Gasteiger partial charge is 0.234 e. The maximum atomic E-state index is 11.0. The lowest BCUT2D eigenvalue weighted by Crippen LogP contribution is -2.29. The van der Waals surface area contributed by atoms with Crippen molar-refractivity contribution >= 4 is 21.8 Å². The number of benzene rings is 1. The number of hydrogen-bond acceptors (Lipinski definition) is 4. The topological polar surface area (TPSA) is 85.8 Å². The monoisotopic (exact) mass is 309 g/mol. The molecule has 0 aliphatic heterocycles. The zero-order valence-corrected chi connectivity index (χ0v) is 11.1. The molecule has 0 bridgehead atoms. The van der Waals surface area contributed by atoms with E-state index < -0.39 is 0 Å². The van der Waals surface area contributed by atoms with Crippen molar-refractivity contribution in [3.8, 4) is 5.69 Å². The first-order valence-corrected chi connectivity index (χ1v) is 6.12. The molecule has 94 valence electrons. The van der Waals surface area contributed by atoms with Gasteiger partial charge in [0.05, 0.1) is 25.0 Å². The summed E-state index contributed by atoms with van der Waals surface area (Å²) in [5, 5.41) is 10.6.